The minimum atomic E-state index is -0.0748. The highest BCUT2D eigenvalue weighted by Gasteiger charge is 2.12. The SMILES string of the molecule is Cc1cc(CSc2ccccc2C(=O)NCc2ccc(CN(C)C)cc2)on1. The van der Waals surface area contributed by atoms with Crippen LogP contribution in [-0.4, -0.2) is 30.1 Å². The van der Waals surface area contributed by atoms with Crippen molar-refractivity contribution in [2.45, 2.75) is 30.7 Å². The first-order valence-electron chi connectivity index (χ1n) is 9.16. The van der Waals surface area contributed by atoms with Gasteiger partial charge in [0.15, 0.2) is 0 Å². The van der Waals surface area contributed by atoms with E-state index < -0.39 is 0 Å². The molecule has 5 nitrogen and oxygen atoms in total. The zero-order valence-electron chi connectivity index (χ0n) is 16.4. The molecule has 1 amide bonds. The van der Waals surface area contributed by atoms with Crippen molar-refractivity contribution in [2.75, 3.05) is 14.1 Å². The average molecular weight is 396 g/mol. The van der Waals surface area contributed by atoms with Crippen LogP contribution in [0.25, 0.3) is 0 Å². The van der Waals surface area contributed by atoms with Crippen molar-refractivity contribution in [3.63, 3.8) is 0 Å². The molecule has 0 aliphatic carbocycles. The molecule has 0 aliphatic rings. The van der Waals surface area contributed by atoms with E-state index in [2.05, 4.69) is 39.6 Å². The van der Waals surface area contributed by atoms with Crippen molar-refractivity contribution in [1.29, 1.82) is 0 Å². The summed E-state index contributed by atoms with van der Waals surface area (Å²) in [6, 6.07) is 17.9. The van der Waals surface area contributed by atoms with Gasteiger partial charge in [-0.25, -0.2) is 0 Å². The third-order valence-electron chi connectivity index (χ3n) is 4.15. The van der Waals surface area contributed by atoms with Gasteiger partial charge in [-0.1, -0.05) is 41.6 Å². The number of carbonyl (C=O) groups is 1. The van der Waals surface area contributed by atoms with Crippen LogP contribution in [0.5, 0.6) is 0 Å². The Morgan fingerprint density at radius 3 is 2.50 bits per heavy atom. The predicted octanol–water partition coefficient (Wildman–Crippen LogP) is 4.27. The predicted molar refractivity (Wildman–Crippen MR) is 112 cm³/mol. The normalized spacial score (nSPS) is 11.0. The van der Waals surface area contributed by atoms with Crippen LogP contribution in [0.4, 0.5) is 0 Å². The van der Waals surface area contributed by atoms with Gasteiger partial charge in [-0.15, -0.1) is 11.8 Å². The van der Waals surface area contributed by atoms with Crippen LogP contribution in [0, 0.1) is 6.92 Å². The molecule has 6 heteroatoms. The fourth-order valence-electron chi connectivity index (χ4n) is 2.82. The third-order valence-corrected chi connectivity index (χ3v) is 5.25. The smallest absolute Gasteiger partial charge is 0.252 e. The van der Waals surface area contributed by atoms with E-state index in [0.717, 1.165) is 28.5 Å². The standard InChI is InChI=1S/C22H25N3O2S/c1-16-12-19(27-24-16)15-28-21-7-5-4-6-20(21)22(26)23-13-17-8-10-18(11-9-17)14-25(2)3/h4-12H,13-15H2,1-3H3,(H,23,26). The molecule has 0 spiro atoms. The second-order valence-electron chi connectivity index (χ2n) is 6.96. The number of aryl methyl sites for hydroxylation is 1. The average Bonchev–Trinajstić information content (AvgIpc) is 3.10. The highest BCUT2D eigenvalue weighted by atomic mass is 32.2. The van der Waals surface area contributed by atoms with Crippen LogP contribution in [0.1, 0.15) is 32.9 Å². The van der Waals surface area contributed by atoms with Gasteiger partial charge < -0.3 is 14.7 Å². The Hall–Kier alpha value is -2.57. The highest BCUT2D eigenvalue weighted by molar-refractivity contribution is 7.98. The summed E-state index contributed by atoms with van der Waals surface area (Å²) in [6.45, 7) is 3.30. The molecule has 0 bridgehead atoms. The van der Waals surface area contributed by atoms with Crippen molar-refractivity contribution >= 4 is 17.7 Å². The van der Waals surface area contributed by atoms with E-state index in [1.54, 1.807) is 11.8 Å². The zero-order valence-corrected chi connectivity index (χ0v) is 17.3. The minimum absolute atomic E-state index is 0.0748. The maximum absolute atomic E-state index is 12.7. The van der Waals surface area contributed by atoms with E-state index in [1.165, 1.54) is 5.56 Å². The van der Waals surface area contributed by atoms with Crippen molar-refractivity contribution in [1.82, 2.24) is 15.4 Å². The summed E-state index contributed by atoms with van der Waals surface area (Å²) in [7, 11) is 4.10. The van der Waals surface area contributed by atoms with Gasteiger partial charge >= 0.3 is 0 Å². The zero-order chi connectivity index (χ0) is 19.9. The maximum atomic E-state index is 12.7. The Morgan fingerprint density at radius 1 is 1.11 bits per heavy atom. The molecule has 3 rings (SSSR count). The molecule has 0 atom stereocenters. The minimum Gasteiger partial charge on any atom is -0.360 e. The number of aromatic nitrogens is 1. The van der Waals surface area contributed by atoms with Gasteiger partial charge in [-0.2, -0.15) is 0 Å². The Labute approximate surface area is 170 Å². The third kappa shape index (κ3) is 5.71. The van der Waals surface area contributed by atoms with E-state index >= 15 is 0 Å². The van der Waals surface area contributed by atoms with Crippen LogP contribution in [0.2, 0.25) is 0 Å². The molecule has 1 heterocycles. The second-order valence-corrected chi connectivity index (χ2v) is 7.97. The van der Waals surface area contributed by atoms with E-state index in [9.17, 15) is 4.79 Å². The summed E-state index contributed by atoms with van der Waals surface area (Å²) < 4.78 is 5.25. The van der Waals surface area contributed by atoms with Gasteiger partial charge in [0.2, 0.25) is 0 Å². The molecule has 0 aliphatic heterocycles. The lowest BCUT2D eigenvalue weighted by atomic mass is 10.1. The van der Waals surface area contributed by atoms with Gasteiger partial charge in [0.25, 0.3) is 5.91 Å². The van der Waals surface area contributed by atoms with Gasteiger partial charge in [0.05, 0.1) is 17.0 Å². The summed E-state index contributed by atoms with van der Waals surface area (Å²) >= 11 is 1.57. The Morgan fingerprint density at radius 2 is 1.82 bits per heavy atom. The van der Waals surface area contributed by atoms with Crippen molar-refractivity contribution in [3.8, 4) is 0 Å². The second kappa shape index (κ2) is 9.57. The molecule has 0 saturated heterocycles. The molecule has 28 heavy (non-hydrogen) atoms. The van der Waals surface area contributed by atoms with Crippen LogP contribution in [0.15, 0.2) is 64.0 Å². The molecule has 146 valence electrons. The molecular formula is C22H25N3O2S. The van der Waals surface area contributed by atoms with Gasteiger partial charge in [0.1, 0.15) is 5.76 Å². The topological polar surface area (TPSA) is 58.4 Å². The summed E-state index contributed by atoms with van der Waals surface area (Å²) in [4.78, 5) is 15.8. The van der Waals surface area contributed by atoms with E-state index in [0.29, 0.717) is 17.9 Å². The molecule has 1 aromatic heterocycles. The lowest BCUT2D eigenvalue weighted by molar-refractivity contribution is 0.0948. The first-order valence-corrected chi connectivity index (χ1v) is 10.1. The molecular weight excluding hydrogens is 370 g/mol. The largest absolute Gasteiger partial charge is 0.360 e. The number of carbonyl (C=O) groups excluding carboxylic acids is 1. The maximum Gasteiger partial charge on any atom is 0.252 e. The summed E-state index contributed by atoms with van der Waals surface area (Å²) in [5, 5.41) is 6.92. The van der Waals surface area contributed by atoms with Crippen LogP contribution < -0.4 is 5.32 Å². The first kappa shape index (κ1) is 20.2. The number of hydrogen-bond donors (Lipinski definition) is 1. The van der Waals surface area contributed by atoms with Crippen molar-refractivity contribution in [2.24, 2.45) is 0 Å². The van der Waals surface area contributed by atoms with Crippen LogP contribution >= 0.6 is 11.8 Å². The quantitative estimate of drug-likeness (QED) is 0.577. The number of nitrogens with zero attached hydrogens (tertiary/aromatic N) is 2. The molecule has 0 radical (unpaired) electrons. The molecule has 3 aromatic rings. The van der Waals surface area contributed by atoms with Gasteiger partial charge in [-0.05, 0) is 44.3 Å². The van der Waals surface area contributed by atoms with Crippen molar-refractivity contribution in [3.05, 3.63) is 82.7 Å². The Kier molecular flexibility index (Phi) is 6.90. The molecule has 2 aromatic carbocycles. The molecule has 0 fully saturated rings. The van der Waals surface area contributed by atoms with Gasteiger partial charge in [-0.3, -0.25) is 4.79 Å². The van der Waals surface area contributed by atoms with E-state index in [-0.39, 0.29) is 5.91 Å². The van der Waals surface area contributed by atoms with E-state index in [4.69, 9.17) is 4.52 Å². The number of benzene rings is 2. The number of thioether (sulfide) groups is 1. The first-order chi connectivity index (χ1) is 13.5. The monoisotopic (exact) mass is 395 g/mol. The van der Waals surface area contributed by atoms with Crippen molar-refractivity contribution < 1.29 is 9.32 Å². The molecule has 0 unspecified atom stereocenters. The number of hydrogen-bond acceptors (Lipinski definition) is 5. The molecule has 1 N–H and O–H groups in total. The summed E-state index contributed by atoms with van der Waals surface area (Å²) in [6.07, 6.45) is 0. The highest BCUT2D eigenvalue weighted by Crippen LogP contribution is 2.26. The van der Waals surface area contributed by atoms with E-state index in [1.807, 2.05) is 51.4 Å². The fourth-order valence-corrected chi connectivity index (χ4v) is 3.74. The number of amides is 1. The molecule has 0 saturated carbocycles. The lowest BCUT2D eigenvalue weighted by Crippen LogP contribution is -2.23. The van der Waals surface area contributed by atoms with Crippen LogP contribution in [-0.2, 0) is 18.8 Å². The summed E-state index contributed by atoms with van der Waals surface area (Å²) in [5.41, 5.74) is 3.87. The fraction of sp³-hybridized carbons (Fsp3) is 0.273. The number of nitrogens with one attached hydrogen (secondary N) is 1. The summed E-state index contributed by atoms with van der Waals surface area (Å²) in [5.74, 6) is 1.36. The van der Waals surface area contributed by atoms with Gasteiger partial charge in [0, 0.05) is 24.1 Å². The Balaban J connectivity index is 1.59. The Bertz CT molecular complexity index is 920. The lowest BCUT2D eigenvalue weighted by Gasteiger charge is -2.11. The number of rotatable bonds is 8. The van der Waals surface area contributed by atoms with Crippen LogP contribution in [0.3, 0.4) is 0 Å².